The van der Waals surface area contributed by atoms with Gasteiger partial charge in [0.05, 0.1) is 6.61 Å². The molecule has 0 radical (unpaired) electrons. The van der Waals surface area contributed by atoms with Gasteiger partial charge in [-0.25, -0.2) is 10.4 Å². The highest BCUT2D eigenvalue weighted by molar-refractivity contribution is 5.81. The zero-order valence-corrected chi connectivity index (χ0v) is 21.3. The molecule has 0 saturated carbocycles. The highest BCUT2D eigenvalue weighted by Crippen LogP contribution is 2.33. The Kier molecular flexibility index (Phi) is 10.6. The lowest BCUT2D eigenvalue weighted by Crippen LogP contribution is -2.22. The van der Waals surface area contributed by atoms with Crippen molar-refractivity contribution in [2.24, 2.45) is 10.4 Å². The molecule has 1 amide bonds. The van der Waals surface area contributed by atoms with Crippen molar-refractivity contribution in [3.8, 4) is 33.9 Å². The van der Waals surface area contributed by atoms with Crippen LogP contribution in [0.5, 0.6) is 11.5 Å². The largest absolute Gasteiger partial charge is 0.494 e. The second-order valence-corrected chi connectivity index (χ2v) is 8.44. The molecule has 14 heteroatoms. The smallest absolute Gasteiger partial charge is 0.389 e. The van der Waals surface area contributed by atoms with Gasteiger partial charge in [-0.05, 0) is 83.3 Å². The quantitative estimate of drug-likeness (QED) is 0.0784. The van der Waals surface area contributed by atoms with Crippen LogP contribution in [0.15, 0.2) is 69.8 Å². The SMILES string of the molecule is CN(/N=N\NC=O)c1c(-c2ccc(OC(F)F)cc2)cc(-c2ccc(OCCCCCC(F)(F)F)cc2)[nH]c1=O. The molecule has 2 N–H and O–H groups in total. The molecule has 214 valence electrons. The van der Waals surface area contributed by atoms with Gasteiger partial charge in [0.2, 0.25) is 6.41 Å². The topological polar surface area (TPSA) is 108 Å². The number of benzene rings is 2. The number of alkyl halides is 5. The molecule has 1 aromatic heterocycles. The Morgan fingerprint density at radius 2 is 1.65 bits per heavy atom. The van der Waals surface area contributed by atoms with Gasteiger partial charge in [0, 0.05) is 24.7 Å². The molecule has 0 fully saturated rings. The number of H-pyrrole nitrogens is 1. The predicted molar refractivity (Wildman–Crippen MR) is 137 cm³/mol. The van der Waals surface area contributed by atoms with Gasteiger partial charge < -0.3 is 14.5 Å². The van der Waals surface area contributed by atoms with Gasteiger partial charge in [-0.1, -0.05) is 12.1 Å². The van der Waals surface area contributed by atoms with Crippen LogP contribution in [0, 0.1) is 0 Å². The van der Waals surface area contributed by atoms with Crippen LogP contribution in [-0.4, -0.2) is 37.8 Å². The molecule has 0 spiro atoms. The molecule has 0 saturated heterocycles. The van der Waals surface area contributed by atoms with Gasteiger partial charge in [-0.2, -0.15) is 22.0 Å². The van der Waals surface area contributed by atoms with E-state index in [-0.39, 0.29) is 24.5 Å². The van der Waals surface area contributed by atoms with Crippen LogP contribution in [0.1, 0.15) is 25.7 Å². The highest BCUT2D eigenvalue weighted by Gasteiger charge is 2.25. The van der Waals surface area contributed by atoms with Crippen molar-refractivity contribution in [2.75, 3.05) is 18.7 Å². The molecule has 0 aliphatic heterocycles. The van der Waals surface area contributed by atoms with E-state index in [0.29, 0.717) is 47.4 Å². The van der Waals surface area contributed by atoms with Gasteiger partial charge in [0.1, 0.15) is 17.2 Å². The molecule has 0 aliphatic rings. The standard InChI is InChI=1S/C26H26F5N5O4/c1-36(35-34-32-16-37)23-21(17-5-11-20(12-6-17)40-25(27)28)15-22(33-24(23)38)18-7-9-19(10-8-18)39-14-4-2-3-13-26(29,30)31/h5-12,15-16,25H,2-4,13-14H2,1H3,(H,33,38)(H,32,35,37). The Morgan fingerprint density at radius 3 is 2.27 bits per heavy atom. The molecule has 0 bridgehead atoms. The van der Waals surface area contributed by atoms with Crippen LogP contribution >= 0.6 is 0 Å². The normalized spacial score (nSPS) is 11.6. The van der Waals surface area contributed by atoms with E-state index >= 15 is 0 Å². The Hall–Kier alpha value is -4.49. The minimum Gasteiger partial charge on any atom is -0.494 e. The fraction of sp³-hybridized carbons (Fsp3) is 0.308. The zero-order valence-electron chi connectivity index (χ0n) is 21.3. The maximum Gasteiger partial charge on any atom is 0.389 e. The number of ether oxygens (including phenoxy) is 2. The summed E-state index contributed by atoms with van der Waals surface area (Å²) < 4.78 is 71.8. The third kappa shape index (κ3) is 9.06. The first kappa shape index (κ1) is 30.1. The summed E-state index contributed by atoms with van der Waals surface area (Å²) in [7, 11) is 1.44. The van der Waals surface area contributed by atoms with Crippen molar-refractivity contribution >= 4 is 12.1 Å². The number of aromatic amines is 1. The molecule has 0 unspecified atom stereocenters. The summed E-state index contributed by atoms with van der Waals surface area (Å²) in [5.41, 5.74) is 3.43. The monoisotopic (exact) mass is 567 g/mol. The maximum atomic E-state index is 13.1. The first-order valence-electron chi connectivity index (χ1n) is 12.0. The van der Waals surface area contributed by atoms with E-state index < -0.39 is 24.8 Å². The van der Waals surface area contributed by atoms with Crippen molar-refractivity contribution in [1.82, 2.24) is 10.4 Å². The van der Waals surface area contributed by atoms with Crippen molar-refractivity contribution < 1.29 is 36.2 Å². The minimum absolute atomic E-state index is 0.0453. The van der Waals surface area contributed by atoms with Gasteiger partial charge in [0.25, 0.3) is 5.56 Å². The Bertz CT molecular complexity index is 1330. The van der Waals surface area contributed by atoms with E-state index in [4.69, 9.17) is 4.74 Å². The number of amides is 1. The third-order valence-corrected chi connectivity index (χ3v) is 5.55. The molecule has 9 nitrogen and oxygen atoms in total. The van der Waals surface area contributed by atoms with Crippen LogP contribution in [0.3, 0.4) is 0 Å². The summed E-state index contributed by atoms with van der Waals surface area (Å²) in [6.07, 6.45) is -3.76. The lowest BCUT2D eigenvalue weighted by Gasteiger charge is -2.17. The van der Waals surface area contributed by atoms with Crippen LogP contribution < -0.4 is 25.5 Å². The summed E-state index contributed by atoms with van der Waals surface area (Å²) in [5.74, 6) is 0.445. The molecule has 40 heavy (non-hydrogen) atoms. The van der Waals surface area contributed by atoms with Crippen molar-refractivity contribution in [3.05, 3.63) is 65.0 Å². The summed E-state index contributed by atoms with van der Waals surface area (Å²) in [6, 6.07) is 14.1. The van der Waals surface area contributed by atoms with E-state index in [1.807, 2.05) is 5.43 Å². The number of unbranched alkanes of at least 4 members (excludes halogenated alkanes) is 2. The van der Waals surface area contributed by atoms with Crippen molar-refractivity contribution in [3.63, 3.8) is 0 Å². The number of halogens is 5. The van der Waals surface area contributed by atoms with Crippen LogP contribution in [0.4, 0.5) is 27.6 Å². The molecule has 3 rings (SSSR count). The molecule has 2 aromatic carbocycles. The molecular formula is C26H26F5N5O4. The summed E-state index contributed by atoms with van der Waals surface area (Å²) in [4.78, 5) is 26.4. The maximum absolute atomic E-state index is 13.1. The van der Waals surface area contributed by atoms with Crippen molar-refractivity contribution in [1.29, 1.82) is 0 Å². The van der Waals surface area contributed by atoms with Gasteiger partial charge in [0.15, 0.2) is 0 Å². The van der Waals surface area contributed by atoms with Gasteiger partial charge in [-0.15, -0.1) is 0 Å². The fourth-order valence-corrected chi connectivity index (χ4v) is 3.75. The van der Waals surface area contributed by atoms with Crippen LogP contribution in [0.25, 0.3) is 22.4 Å². The average Bonchev–Trinajstić information content (AvgIpc) is 2.90. The first-order valence-corrected chi connectivity index (χ1v) is 12.0. The van der Waals surface area contributed by atoms with E-state index in [2.05, 4.69) is 20.2 Å². The molecule has 0 aliphatic carbocycles. The number of hydrogen-bond donors (Lipinski definition) is 2. The van der Waals surface area contributed by atoms with Crippen LogP contribution in [-0.2, 0) is 4.79 Å². The summed E-state index contributed by atoms with van der Waals surface area (Å²) >= 11 is 0. The number of nitrogens with one attached hydrogen (secondary N) is 2. The number of nitrogens with zero attached hydrogens (tertiary/aromatic N) is 3. The number of carbonyl (C=O) groups excluding carboxylic acids is 1. The number of anilines is 1. The third-order valence-electron chi connectivity index (χ3n) is 5.55. The first-order chi connectivity index (χ1) is 19.1. The molecular weight excluding hydrogens is 541 g/mol. The zero-order chi connectivity index (χ0) is 29.1. The second-order valence-electron chi connectivity index (χ2n) is 8.44. The summed E-state index contributed by atoms with van der Waals surface area (Å²) in [6.45, 7) is -2.73. The van der Waals surface area contributed by atoms with Gasteiger partial charge in [-0.3, -0.25) is 9.59 Å². The predicted octanol–water partition coefficient (Wildman–Crippen LogP) is 6.28. The number of carbonyl (C=O) groups is 1. The highest BCUT2D eigenvalue weighted by atomic mass is 19.4. The Balaban J connectivity index is 1.83. The second kappa shape index (κ2) is 14.1. The fourth-order valence-electron chi connectivity index (χ4n) is 3.75. The Morgan fingerprint density at radius 1 is 1.00 bits per heavy atom. The van der Waals surface area contributed by atoms with Crippen molar-refractivity contribution in [2.45, 2.75) is 38.5 Å². The number of rotatable bonds is 14. The number of pyridine rings is 1. The lowest BCUT2D eigenvalue weighted by atomic mass is 10.0. The molecule has 0 atom stereocenters. The minimum atomic E-state index is -4.16. The molecule has 3 aromatic rings. The number of aromatic nitrogens is 1. The van der Waals surface area contributed by atoms with Gasteiger partial charge >= 0.3 is 12.8 Å². The average molecular weight is 568 g/mol. The van der Waals surface area contributed by atoms with E-state index in [0.717, 1.165) is 5.01 Å². The van der Waals surface area contributed by atoms with Crippen LogP contribution in [0.2, 0.25) is 0 Å². The summed E-state index contributed by atoms with van der Waals surface area (Å²) in [5, 5.41) is 8.35. The molecule has 1 heterocycles. The Labute approximate surface area is 225 Å². The van der Waals surface area contributed by atoms with E-state index in [1.54, 1.807) is 30.3 Å². The lowest BCUT2D eigenvalue weighted by molar-refractivity contribution is -0.135. The number of hydrogen-bond acceptors (Lipinski definition) is 6. The van der Waals surface area contributed by atoms with E-state index in [1.165, 1.54) is 31.3 Å². The van der Waals surface area contributed by atoms with E-state index in [9.17, 15) is 31.5 Å².